The van der Waals surface area contributed by atoms with Crippen LogP contribution in [-0.2, 0) is 30.8 Å². The van der Waals surface area contributed by atoms with Crippen LogP contribution in [-0.4, -0.2) is 43.7 Å². The summed E-state index contributed by atoms with van der Waals surface area (Å²) in [6.07, 6.45) is -2.35. The van der Waals surface area contributed by atoms with E-state index in [1.165, 1.54) is 6.07 Å². The Morgan fingerprint density at radius 1 is 0.852 bits per heavy atom. The van der Waals surface area contributed by atoms with Crippen LogP contribution in [0.15, 0.2) is 125 Å². The van der Waals surface area contributed by atoms with Crippen molar-refractivity contribution in [3.05, 3.63) is 148 Å². The van der Waals surface area contributed by atoms with Crippen LogP contribution in [0.1, 0.15) is 35.4 Å². The average molecular weight is 865 g/mol. The number of phenols is 1. The van der Waals surface area contributed by atoms with E-state index in [0.717, 1.165) is 4.90 Å². The van der Waals surface area contributed by atoms with Crippen molar-refractivity contribution in [2.75, 3.05) is 10.3 Å². The molecule has 1 saturated carbocycles. The van der Waals surface area contributed by atoms with Crippen LogP contribution in [0.4, 0.5) is 24.7 Å². The summed E-state index contributed by atoms with van der Waals surface area (Å²) in [7, 11) is 0. The normalized spacial score (nSPS) is 24.8. The highest BCUT2D eigenvalue weighted by atomic mass is 35.5. The van der Waals surface area contributed by atoms with Gasteiger partial charge in [0.25, 0.3) is 11.8 Å². The molecule has 2 aliphatic carbocycles. The van der Waals surface area contributed by atoms with E-state index in [2.05, 4.69) is 15.4 Å². The summed E-state index contributed by atoms with van der Waals surface area (Å²) >= 11 is 12.6. The van der Waals surface area contributed by atoms with Crippen molar-refractivity contribution in [1.82, 2.24) is 15.0 Å². The van der Waals surface area contributed by atoms with Crippen molar-refractivity contribution in [2.24, 2.45) is 23.7 Å². The predicted octanol–water partition coefficient (Wildman–Crippen LogP) is 9.11. The van der Waals surface area contributed by atoms with Crippen LogP contribution >= 0.6 is 23.2 Å². The molecule has 3 fully saturated rings. The van der Waals surface area contributed by atoms with Crippen molar-refractivity contribution in [3.63, 3.8) is 0 Å². The third kappa shape index (κ3) is 5.87. The summed E-state index contributed by atoms with van der Waals surface area (Å²) in [4.78, 5) is 68.8. The second kappa shape index (κ2) is 14.0. The zero-order chi connectivity index (χ0) is 42.5. The Morgan fingerprint density at radius 3 is 2.28 bits per heavy atom. The number of aromatic nitrogens is 2. The molecule has 6 aromatic rings. The smallest absolute Gasteiger partial charge is 0.417 e. The number of oxazole rings is 1. The number of pyridine rings is 1. The molecule has 306 valence electrons. The Bertz CT molecular complexity index is 2830. The van der Waals surface area contributed by atoms with Gasteiger partial charge in [0, 0.05) is 28.3 Å². The lowest BCUT2D eigenvalue weighted by Crippen LogP contribution is -2.53. The molecule has 4 heterocycles. The van der Waals surface area contributed by atoms with E-state index >= 15 is 4.79 Å². The number of allylic oxidation sites excluding steroid dienone is 2. The Morgan fingerprint density at radius 2 is 1.57 bits per heavy atom. The molecular formula is C45H30Cl2F3N5O6. The largest absolute Gasteiger partial charge is 0.508 e. The number of fused-ring (bicyclic) bond motifs is 5. The SMILES string of the molecule is O=C1C2CC3C(=CCC4C(=O)N(c5ccc(-c6nc7ccccc7o6)cc5)C(=O)C43)C(c3ccccc3O)C2(c2ccc(Cl)cc2)C(=O)N1Nc1ncc(C(F)(F)F)cc1Cl. The van der Waals surface area contributed by atoms with Gasteiger partial charge in [0.05, 0.1) is 39.4 Å². The van der Waals surface area contributed by atoms with Crippen molar-refractivity contribution >= 4 is 69.4 Å². The van der Waals surface area contributed by atoms with Crippen LogP contribution in [0.3, 0.4) is 0 Å². The van der Waals surface area contributed by atoms with Crippen molar-refractivity contribution in [1.29, 1.82) is 0 Å². The lowest BCUT2D eigenvalue weighted by Gasteiger charge is -2.50. The molecule has 2 aliphatic heterocycles. The lowest BCUT2D eigenvalue weighted by atomic mass is 9.49. The molecule has 4 amide bonds. The second-order valence-electron chi connectivity index (χ2n) is 15.5. The predicted molar refractivity (Wildman–Crippen MR) is 217 cm³/mol. The highest BCUT2D eigenvalue weighted by molar-refractivity contribution is 6.33. The first-order valence-corrected chi connectivity index (χ1v) is 20.0. The molecule has 2 saturated heterocycles. The fraction of sp³-hybridized carbons (Fsp3) is 0.200. The molecular weight excluding hydrogens is 834 g/mol. The van der Waals surface area contributed by atoms with E-state index in [9.17, 15) is 32.7 Å². The maximum absolute atomic E-state index is 15.3. The van der Waals surface area contributed by atoms with Crippen LogP contribution in [0.2, 0.25) is 10.0 Å². The lowest BCUT2D eigenvalue weighted by molar-refractivity contribution is -0.139. The van der Waals surface area contributed by atoms with Gasteiger partial charge in [-0.25, -0.2) is 9.97 Å². The number of carbonyl (C=O) groups is 4. The number of anilines is 2. The number of nitrogens with zero attached hydrogens (tertiary/aromatic N) is 4. The number of alkyl halides is 3. The number of imide groups is 2. The van der Waals surface area contributed by atoms with E-state index in [-0.39, 0.29) is 30.0 Å². The molecule has 2 aromatic heterocycles. The number of hydrogen-bond acceptors (Lipinski definition) is 9. The molecule has 16 heteroatoms. The van der Waals surface area contributed by atoms with Crippen LogP contribution in [0, 0.1) is 23.7 Å². The molecule has 2 N–H and O–H groups in total. The van der Waals surface area contributed by atoms with E-state index in [0.29, 0.717) is 61.7 Å². The fourth-order valence-corrected chi connectivity index (χ4v) is 10.2. The van der Waals surface area contributed by atoms with E-state index in [4.69, 9.17) is 27.6 Å². The summed E-state index contributed by atoms with van der Waals surface area (Å²) in [5.41, 5.74) is 3.15. The molecule has 6 atom stereocenters. The van der Waals surface area contributed by atoms with Crippen molar-refractivity contribution < 1.29 is 41.9 Å². The second-order valence-corrected chi connectivity index (χ2v) is 16.4. The molecule has 0 spiro atoms. The molecule has 11 nitrogen and oxygen atoms in total. The first kappa shape index (κ1) is 38.7. The van der Waals surface area contributed by atoms with E-state index in [1.807, 2.05) is 24.3 Å². The number of rotatable bonds is 6. The third-order valence-corrected chi connectivity index (χ3v) is 13.0. The quantitative estimate of drug-likeness (QED) is 0.124. The first-order valence-electron chi connectivity index (χ1n) is 19.2. The van der Waals surface area contributed by atoms with Gasteiger partial charge < -0.3 is 9.52 Å². The molecule has 0 radical (unpaired) electrons. The molecule has 0 bridgehead atoms. The number of phenolic OH excluding ortho intramolecular Hbond substituents is 1. The molecule has 10 rings (SSSR count). The maximum Gasteiger partial charge on any atom is 0.417 e. The Labute approximate surface area is 354 Å². The van der Waals surface area contributed by atoms with Gasteiger partial charge in [-0.1, -0.05) is 77.3 Å². The van der Waals surface area contributed by atoms with Crippen molar-refractivity contribution in [2.45, 2.75) is 30.4 Å². The monoisotopic (exact) mass is 863 g/mol. The van der Waals surface area contributed by atoms with E-state index in [1.54, 1.807) is 72.8 Å². The van der Waals surface area contributed by atoms with Gasteiger partial charge >= 0.3 is 6.18 Å². The Hall–Kier alpha value is -6.51. The van der Waals surface area contributed by atoms with Crippen LogP contribution in [0.25, 0.3) is 22.6 Å². The van der Waals surface area contributed by atoms with Gasteiger partial charge in [-0.2, -0.15) is 18.2 Å². The van der Waals surface area contributed by atoms with Gasteiger partial charge in [-0.3, -0.25) is 29.5 Å². The molecule has 61 heavy (non-hydrogen) atoms. The number of aromatic hydroxyl groups is 1. The molecule has 4 aromatic carbocycles. The number of benzene rings is 4. The van der Waals surface area contributed by atoms with Crippen LogP contribution < -0.4 is 10.3 Å². The number of carbonyl (C=O) groups excluding carboxylic acids is 4. The minimum atomic E-state index is -4.76. The zero-order valence-corrected chi connectivity index (χ0v) is 32.9. The standard InChI is InChI=1S/C45H30Cl2F3N5O6/c46-25-13-11-23(12-14-25)44-31(41(58)55(43(44)60)53-38-32(47)19-24(21-51-38)45(48,49)50)20-30-27(37(44)28-5-1-3-7-34(28)56)17-18-29-36(30)42(59)54(40(29)57)26-15-9-22(10-16-26)39-52-33-6-2-4-8-35(33)61-39/h1-17,19,21,29-31,36-37,56H,18,20H2,(H,51,53). The summed E-state index contributed by atoms with van der Waals surface area (Å²) in [5, 5.41) is 12.1. The Kier molecular flexibility index (Phi) is 8.90. The maximum atomic E-state index is 15.3. The summed E-state index contributed by atoms with van der Waals surface area (Å²) in [5.74, 6) is -7.51. The Balaban J connectivity index is 1.07. The number of para-hydroxylation sites is 3. The van der Waals surface area contributed by atoms with Gasteiger partial charge in [-0.05, 0) is 85.0 Å². The highest BCUT2D eigenvalue weighted by Crippen LogP contribution is 2.65. The van der Waals surface area contributed by atoms with Gasteiger partial charge in [-0.15, -0.1) is 0 Å². The summed E-state index contributed by atoms with van der Waals surface area (Å²) in [6, 6.07) is 27.4. The molecule has 4 aliphatic rings. The summed E-state index contributed by atoms with van der Waals surface area (Å²) < 4.78 is 46.5. The number of hydrazine groups is 1. The van der Waals surface area contributed by atoms with Gasteiger partial charge in [0.2, 0.25) is 17.7 Å². The number of nitrogens with one attached hydrogen (secondary N) is 1. The van der Waals surface area contributed by atoms with Crippen LogP contribution in [0.5, 0.6) is 5.75 Å². The fourth-order valence-electron chi connectivity index (χ4n) is 9.86. The van der Waals surface area contributed by atoms with Gasteiger partial charge in [0.15, 0.2) is 11.4 Å². The third-order valence-electron chi connectivity index (χ3n) is 12.5. The zero-order valence-electron chi connectivity index (χ0n) is 31.4. The average Bonchev–Trinajstić information content (AvgIpc) is 3.86. The van der Waals surface area contributed by atoms with Crippen molar-refractivity contribution in [3.8, 4) is 17.2 Å². The number of halogens is 5. The highest BCUT2D eigenvalue weighted by Gasteiger charge is 2.70. The minimum absolute atomic E-state index is 0.0832. The van der Waals surface area contributed by atoms with E-state index < -0.39 is 75.4 Å². The molecule has 6 unspecified atom stereocenters. The summed E-state index contributed by atoms with van der Waals surface area (Å²) in [6.45, 7) is 0. The number of hydrogen-bond donors (Lipinski definition) is 2. The number of amides is 4. The minimum Gasteiger partial charge on any atom is -0.508 e. The topological polar surface area (TPSA) is 146 Å². The van der Waals surface area contributed by atoms with Gasteiger partial charge in [0.1, 0.15) is 11.3 Å². The first-order chi connectivity index (χ1) is 29.3.